The van der Waals surface area contributed by atoms with Crippen LogP contribution in [0.15, 0.2) is 10.5 Å². The van der Waals surface area contributed by atoms with Gasteiger partial charge in [0.2, 0.25) is 0 Å². The van der Waals surface area contributed by atoms with Crippen LogP contribution in [0.4, 0.5) is 0 Å². The van der Waals surface area contributed by atoms with E-state index in [4.69, 9.17) is 4.99 Å². The number of nitrogens with zero attached hydrogens (tertiary/aromatic N) is 3. The zero-order valence-corrected chi connectivity index (χ0v) is 14.9. The standard InChI is InChI=1S/C16H29N5S/c1-4-8-21-9-6-14(7-10-21)20-16(17-5-2)18-11-15-13(3)19-12-22-15/h12,14H,4-11H2,1-3H3,(H2,17,18,20). The van der Waals surface area contributed by atoms with Gasteiger partial charge in [-0.2, -0.15) is 0 Å². The number of aromatic nitrogens is 1. The molecule has 2 rings (SSSR count). The molecule has 124 valence electrons. The molecule has 2 N–H and O–H groups in total. The molecule has 0 radical (unpaired) electrons. The molecule has 0 bridgehead atoms. The van der Waals surface area contributed by atoms with E-state index >= 15 is 0 Å². The third kappa shape index (κ3) is 5.25. The number of guanidine groups is 1. The van der Waals surface area contributed by atoms with Gasteiger partial charge in [0.1, 0.15) is 0 Å². The van der Waals surface area contributed by atoms with Gasteiger partial charge in [0.05, 0.1) is 17.7 Å². The Hall–Kier alpha value is -1.14. The van der Waals surface area contributed by atoms with E-state index in [2.05, 4.69) is 34.4 Å². The second kappa shape index (κ2) is 9.10. The maximum atomic E-state index is 4.72. The smallest absolute Gasteiger partial charge is 0.191 e. The number of aliphatic imine (C=N–C) groups is 1. The van der Waals surface area contributed by atoms with E-state index in [1.54, 1.807) is 11.3 Å². The first-order valence-electron chi connectivity index (χ1n) is 8.39. The summed E-state index contributed by atoms with van der Waals surface area (Å²) >= 11 is 1.68. The van der Waals surface area contributed by atoms with Crippen molar-refractivity contribution in [2.45, 2.75) is 52.6 Å². The topological polar surface area (TPSA) is 52.5 Å². The van der Waals surface area contributed by atoms with Crippen LogP contribution in [0.2, 0.25) is 0 Å². The third-order valence-corrected chi connectivity index (χ3v) is 4.96. The highest BCUT2D eigenvalue weighted by atomic mass is 32.1. The molecule has 0 aliphatic carbocycles. The van der Waals surface area contributed by atoms with Crippen LogP contribution in [0.1, 0.15) is 43.7 Å². The highest BCUT2D eigenvalue weighted by molar-refractivity contribution is 7.09. The van der Waals surface area contributed by atoms with E-state index in [1.165, 1.54) is 43.8 Å². The van der Waals surface area contributed by atoms with Crippen molar-refractivity contribution in [2.24, 2.45) is 4.99 Å². The summed E-state index contributed by atoms with van der Waals surface area (Å²) < 4.78 is 0. The third-order valence-electron chi connectivity index (χ3n) is 4.04. The molecule has 6 heteroatoms. The van der Waals surface area contributed by atoms with Crippen molar-refractivity contribution in [2.75, 3.05) is 26.2 Å². The van der Waals surface area contributed by atoms with Crippen molar-refractivity contribution in [3.05, 3.63) is 16.1 Å². The van der Waals surface area contributed by atoms with Crippen molar-refractivity contribution < 1.29 is 0 Å². The molecule has 1 saturated heterocycles. The zero-order chi connectivity index (χ0) is 15.8. The van der Waals surface area contributed by atoms with Gasteiger partial charge in [-0.05, 0) is 39.7 Å². The number of rotatable bonds is 6. The summed E-state index contributed by atoms with van der Waals surface area (Å²) in [6, 6.07) is 0.536. The fourth-order valence-corrected chi connectivity index (χ4v) is 3.46. The van der Waals surface area contributed by atoms with Gasteiger partial charge in [0, 0.05) is 30.6 Å². The Morgan fingerprint density at radius 2 is 2.18 bits per heavy atom. The molecule has 1 aliphatic heterocycles. The molecular weight excluding hydrogens is 294 g/mol. The molecular formula is C16H29N5S. The molecule has 0 saturated carbocycles. The second-order valence-corrected chi connectivity index (χ2v) is 6.76. The molecule has 0 unspecified atom stereocenters. The first-order chi connectivity index (χ1) is 10.7. The molecule has 1 aromatic rings. The normalized spacial score (nSPS) is 17.7. The second-order valence-electron chi connectivity index (χ2n) is 5.82. The first kappa shape index (κ1) is 17.2. The van der Waals surface area contributed by atoms with Crippen LogP contribution in [0, 0.1) is 6.92 Å². The summed E-state index contributed by atoms with van der Waals surface area (Å²) in [4.78, 5) is 12.8. The van der Waals surface area contributed by atoms with E-state index in [1.807, 2.05) is 12.4 Å². The summed E-state index contributed by atoms with van der Waals surface area (Å²) in [7, 11) is 0. The van der Waals surface area contributed by atoms with Gasteiger partial charge in [-0.3, -0.25) is 0 Å². The summed E-state index contributed by atoms with van der Waals surface area (Å²) in [6.07, 6.45) is 3.64. The quantitative estimate of drug-likeness (QED) is 0.623. The lowest BCUT2D eigenvalue weighted by molar-refractivity contribution is 0.206. The molecule has 0 amide bonds. The SMILES string of the molecule is CCCN1CCC(NC(=NCc2scnc2C)NCC)CC1. The Balaban J connectivity index is 1.85. The summed E-state index contributed by atoms with van der Waals surface area (Å²) in [5.74, 6) is 0.934. The maximum Gasteiger partial charge on any atom is 0.191 e. The van der Waals surface area contributed by atoms with Crippen LogP contribution in [0.25, 0.3) is 0 Å². The molecule has 1 aliphatic rings. The van der Waals surface area contributed by atoms with Crippen LogP contribution in [0.3, 0.4) is 0 Å². The Bertz CT molecular complexity index is 463. The zero-order valence-electron chi connectivity index (χ0n) is 14.1. The lowest BCUT2D eigenvalue weighted by atomic mass is 10.1. The van der Waals surface area contributed by atoms with Gasteiger partial charge in [0.25, 0.3) is 0 Å². The molecule has 0 aromatic carbocycles. The largest absolute Gasteiger partial charge is 0.357 e. The van der Waals surface area contributed by atoms with Crippen LogP contribution in [-0.4, -0.2) is 48.1 Å². The van der Waals surface area contributed by atoms with E-state index in [9.17, 15) is 0 Å². The fourth-order valence-electron chi connectivity index (χ4n) is 2.76. The maximum absolute atomic E-state index is 4.72. The fraction of sp³-hybridized carbons (Fsp3) is 0.750. The van der Waals surface area contributed by atoms with Crippen LogP contribution >= 0.6 is 11.3 Å². The molecule has 22 heavy (non-hydrogen) atoms. The minimum Gasteiger partial charge on any atom is -0.357 e. The first-order valence-corrected chi connectivity index (χ1v) is 9.27. The number of hydrogen-bond acceptors (Lipinski definition) is 4. The number of aryl methyl sites for hydroxylation is 1. The van der Waals surface area contributed by atoms with Gasteiger partial charge in [-0.15, -0.1) is 11.3 Å². The van der Waals surface area contributed by atoms with Crippen LogP contribution in [-0.2, 0) is 6.54 Å². The molecule has 1 fully saturated rings. The highest BCUT2D eigenvalue weighted by Crippen LogP contribution is 2.13. The summed E-state index contributed by atoms with van der Waals surface area (Å²) in [5.41, 5.74) is 2.99. The Kier molecular flexibility index (Phi) is 7.12. The lowest BCUT2D eigenvalue weighted by Crippen LogP contribution is -2.48. The number of nitrogens with one attached hydrogen (secondary N) is 2. The van der Waals surface area contributed by atoms with E-state index < -0.39 is 0 Å². The summed E-state index contributed by atoms with van der Waals surface area (Å²) in [5, 5.41) is 6.96. The average Bonchev–Trinajstić information content (AvgIpc) is 2.92. The molecule has 1 aromatic heterocycles. The average molecular weight is 324 g/mol. The van der Waals surface area contributed by atoms with E-state index in [0.717, 1.165) is 18.2 Å². The monoisotopic (exact) mass is 323 g/mol. The predicted octanol–water partition coefficient (Wildman–Crippen LogP) is 2.38. The lowest BCUT2D eigenvalue weighted by Gasteiger charge is -2.32. The van der Waals surface area contributed by atoms with E-state index in [0.29, 0.717) is 12.6 Å². The van der Waals surface area contributed by atoms with Gasteiger partial charge in [-0.25, -0.2) is 9.98 Å². The molecule has 0 spiro atoms. The number of thiazole rings is 1. The predicted molar refractivity (Wildman–Crippen MR) is 94.6 cm³/mol. The van der Waals surface area contributed by atoms with Crippen molar-refractivity contribution in [3.8, 4) is 0 Å². The molecule has 5 nitrogen and oxygen atoms in total. The number of piperidine rings is 1. The Labute approximate surface area is 138 Å². The molecule has 2 heterocycles. The summed E-state index contributed by atoms with van der Waals surface area (Å²) in [6.45, 7) is 11.6. The highest BCUT2D eigenvalue weighted by Gasteiger charge is 2.19. The van der Waals surface area contributed by atoms with Crippen molar-refractivity contribution in [1.82, 2.24) is 20.5 Å². The molecule has 0 atom stereocenters. The Morgan fingerprint density at radius 3 is 2.77 bits per heavy atom. The van der Waals surface area contributed by atoms with Crippen molar-refractivity contribution in [3.63, 3.8) is 0 Å². The minimum atomic E-state index is 0.536. The van der Waals surface area contributed by atoms with Crippen LogP contribution < -0.4 is 10.6 Å². The number of hydrogen-bond donors (Lipinski definition) is 2. The van der Waals surface area contributed by atoms with E-state index in [-0.39, 0.29) is 0 Å². The minimum absolute atomic E-state index is 0.536. The van der Waals surface area contributed by atoms with Gasteiger partial charge < -0.3 is 15.5 Å². The van der Waals surface area contributed by atoms with Gasteiger partial charge in [0.15, 0.2) is 5.96 Å². The number of likely N-dealkylation sites (tertiary alicyclic amines) is 1. The van der Waals surface area contributed by atoms with Crippen molar-refractivity contribution in [1.29, 1.82) is 0 Å². The van der Waals surface area contributed by atoms with Gasteiger partial charge in [-0.1, -0.05) is 6.92 Å². The Morgan fingerprint density at radius 1 is 1.41 bits per heavy atom. The van der Waals surface area contributed by atoms with Crippen LogP contribution in [0.5, 0.6) is 0 Å². The van der Waals surface area contributed by atoms with Gasteiger partial charge >= 0.3 is 0 Å². The van der Waals surface area contributed by atoms with Crippen molar-refractivity contribution >= 4 is 17.3 Å².